The predicted octanol–water partition coefficient (Wildman–Crippen LogP) is 4.98. The number of hydrogen-bond acceptors (Lipinski definition) is 0. The zero-order valence-electron chi connectivity index (χ0n) is 9.45. The predicted molar refractivity (Wildman–Crippen MR) is 62.1 cm³/mol. The highest BCUT2D eigenvalue weighted by Gasteiger charge is 2.24. The van der Waals surface area contributed by atoms with Gasteiger partial charge in [0.2, 0.25) is 0 Å². The maximum atomic E-state index is 13.4. The summed E-state index contributed by atoms with van der Waals surface area (Å²) in [5.41, 5.74) is -0.169. The molecule has 90 valence electrons. The van der Waals surface area contributed by atoms with E-state index in [-0.39, 0.29) is 11.0 Å². The second kappa shape index (κ2) is 4.78. The molecule has 16 heavy (non-hydrogen) atoms. The Labute approximate surface area is 102 Å². The third-order valence-corrected chi connectivity index (χ3v) is 2.93. The molecular weight excluding hydrogens is 281 g/mol. The number of alkyl halides is 1. The fourth-order valence-electron chi connectivity index (χ4n) is 1.49. The first-order valence-corrected chi connectivity index (χ1v) is 5.91. The largest absolute Gasteiger partial charge is 0.207 e. The average Bonchev–Trinajstić information content (AvgIpc) is 1.96. The summed E-state index contributed by atoms with van der Waals surface area (Å²) < 4.78 is 39.6. The Morgan fingerprint density at radius 3 is 1.94 bits per heavy atom. The molecule has 1 aromatic rings. The SMILES string of the molecule is CC(C)(C)CC(Br)c1c(F)cc(F)cc1F. The Balaban J connectivity index is 3.04. The highest BCUT2D eigenvalue weighted by molar-refractivity contribution is 9.09. The average molecular weight is 295 g/mol. The van der Waals surface area contributed by atoms with Crippen LogP contribution in [0.4, 0.5) is 13.2 Å². The van der Waals surface area contributed by atoms with Crippen molar-refractivity contribution in [3.8, 4) is 0 Å². The molecule has 0 aliphatic carbocycles. The highest BCUT2D eigenvalue weighted by atomic mass is 79.9. The van der Waals surface area contributed by atoms with Gasteiger partial charge in [0.05, 0.1) is 0 Å². The van der Waals surface area contributed by atoms with Crippen LogP contribution in [0.15, 0.2) is 12.1 Å². The van der Waals surface area contributed by atoms with Crippen LogP contribution in [0.5, 0.6) is 0 Å². The second-order valence-electron chi connectivity index (χ2n) is 5.02. The first-order chi connectivity index (χ1) is 7.20. The lowest BCUT2D eigenvalue weighted by Crippen LogP contribution is -2.10. The maximum Gasteiger partial charge on any atom is 0.133 e. The highest BCUT2D eigenvalue weighted by Crippen LogP contribution is 2.37. The van der Waals surface area contributed by atoms with Gasteiger partial charge in [0, 0.05) is 22.5 Å². The van der Waals surface area contributed by atoms with Gasteiger partial charge in [-0.3, -0.25) is 0 Å². The van der Waals surface area contributed by atoms with Crippen LogP contribution in [0.1, 0.15) is 37.6 Å². The molecule has 0 N–H and O–H groups in total. The second-order valence-corrected chi connectivity index (χ2v) is 6.12. The molecule has 0 amide bonds. The Morgan fingerprint density at radius 1 is 1.12 bits per heavy atom. The van der Waals surface area contributed by atoms with E-state index < -0.39 is 22.3 Å². The van der Waals surface area contributed by atoms with Gasteiger partial charge in [-0.25, -0.2) is 13.2 Å². The Kier molecular flexibility index (Phi) is 4.05. The molecule has 4 heteroatoms. The van der Waals surface area contributed by atoms with Crippen molar-refractivity contribution < 1.29 is 13.2 Å². The van der Waals surface area contributed by atoms with E-state index in [1.807, 2.05) is 20.8 Å². The number of halogens is 4. The van der Waals surface area contributed by atoms with Crippen molar-refractivity contribution in [2.24, 2.45) is 5.41 Å². The van der Waals surface area contributed by atoms with E-state index in [1.165, 1.54) is 0 Å². The molecule has 0 radical (unpaired) electrons. The van der Waals surface area contributed by atoms with E-state index in [1.54, 1.807) is 0 Å². The van der Waals surface area contributed by atoms with E-state index in [4.69, 9.17) is 0 Å². The molecule has 1 aromatic carbocycles. The molecule has 0 nitrogen and oxygen atoms in total. The Bertz CT molecular complexity index is 359. The van der Waals surface area contributed by atoms with Crippen molar-refractivity contribution in [2.75, 3.05) is 0 Å². The molecule has 0 fully saturated rings. The van der Waals surface area contributed by atoms with Gasteiger partial charge in [0.1, 0.15) is 17.5 Å². The minimum atomic E-state index is -0.894. The van der Waals surface area contributed by atoms with Gasteiger partial charge in [-0.05, 0) is 11.8 Å². The Hall–Kier alpha value is -0.510. The number of benzene rings is 1. The zero-order valence-corrected chi connectivity index (χ0v) is 11.0. The molecule has 0 heterocycles. The first kappa shape index (κ1) is 13.6. The van der Waals surface area contributed by atoms with Gasteiger partial charge in [0.25, 0.3) is 0 Å². The van der Waals surface area contributed by atoms with Crippen LogP contribution >= 0.6 is 15.9 Å². The van der Waals surface area contributed by atoms with Crippen LogP contribution in [0.2, 0.25) is 0 Å². The van der Waals surface area contributed by atoms with E-state index in [0.29, 0.717) is 18.6 Å². The summed E-state index contributed by atoms with van der Waals surface area (Å²) in [6.07, 6.45) is 0.562. The molecule has 1 atom stereocenters. The third-order valence-electron chi connectivity index (χ3n) is 2.15. The summed E-state index contributed by atoms with van der Waals surface area (Å²) in [5.74, 6) is -2.58. The molecule has 0 aliphatic heterocycles. The van der Waals surface area contributed by atoms with Gasteiger partial charge in [-0.2, -0.15) is 0 Å². The number of hydrogen-bond donors (Lipinski definition) is 0. The van der Waals surface area contributed by atoms with E-state index in [9.17, 15) is 13.2 Å². The number of rotatable bonds is 2. The van der Waals surface area contributed by atoms with Crippen molar-refractivity contribution in [3.05, 3.63) is 35.1 Å². The van der Waals surface area contributed by atoms with Crippen molar-refractivity contribution in [1.82, 2.24) is 0 Å². The minimum absolute atomic E-state index is 0.0680. The van der Waals surface area contributed by atoms with Crippen LogP contribution in [-0.4, -0.2) is 0 Å². The third kappa shape index (κ3) is 3.51. The monoisotopic (exact) mass is 294 g/mol. The molecular formula is C12H14BrF3. The lowest BCUT2D eigenvalue weighted by Gasteiger charge is -2.22. The van der Waals surface area contributed by atoms with Crippen LogP contribution in [0.3, 0.4) is 0 Å². The molecule has 1 unspecified atom stereocenters. The lowest BCUT2D eigenvalue weighted by molar-refractivity contribution is 0.369. The normalized spacial score (nSPS) is 13.9. The molecule has 0 saturated heterocycles. The van der Waals surface area contributed by atoms with Gasteiger partial charge in [0.15, 0.2) is 0 Å². The summed E-state index contributed by atoms with van der Waals surface area (Å²) in [5, 5.41) is 0. The van der Waals surface area contributed by atoms with Crippen molar-refractivity contribution in [1.29, 1.82) is 0 Å². The summed E-state index contributed by atoms with van der Waals surface area (Å²) in [4.78, 5) is -0.451. The van der Waals surface area contributed by atoms with Crippen molar-refractivity contribution >= 4 is 15.9 Å². The van der Waals surface area contributed by atoms with E-state index in [2.05, 4.69) is 15.9 Å². The molecule has 0 saturated carbocycles. The minimum Gasteiger partial charge on any atom is -0.207 e. The topological polar surface area (TPSA) is 0 Å². The quantitative estimate of drug-likeness (QED) is 0.675. The fraction of sp³-hybridized carbons (Fsp3) is 0.500. The fourth-order valence-corrected chi connectivity index (χ4v) is 2.90. The molecule has 0 aliphatic rings. The summed E-state index contributed by atoms with van der Waals surface area (Å²) in [6.45, 7) is 5.92. The van der Waals surface area contributed by atoms with Gasteiger partial charge >= 0.3 is 0 Å². The van der Waals surface area contributed by atoms with E-state index in [0.717, 1.165) is 0 Å². The maximum absolute atomic E-state index is 13.4. The standard InChI is InChI=1S/C12H14BrF3/c1-12(2,3)6-8(13)11-9(15)4-7(14)5-10(11)16/h4-5,8H,6H2,1-3H3. The lowest BCUT2D eigenvalue weighted by atomic mass is 9.88. The van der Waals surface area contributed by atoms with Gasteiger partial charge in [-0.1, -0.05) is 36.7 Å². The van der Waals surface area contributed by atoms with Crippen molar-refractivity contribution in [2.45, 2.75) is 32.0 Å². The zero-order chi connectivity index (χ0) is 12.5. The van der Waals surface area contributed by atoms with Gasteiger partial charge < -0.3 is 0 Å². The molecule has 0 spiro atoms. The first-order valence-electron chi connectivity index (χ1n) is 4.99. The van der Waals surface area contributed by atoms with Crippen LogP contribution < -0.4 is 0 Å². The Morgan fingerprint density at radius 2 is 1.56 bits per heavy atom. The van der Waals surface area contributed by atoms with Crippen LogP contribution in [0.25, 0.3) is 0 Å². The molecule has 0 bridgehead atoms. The van der Waals surface area contributed by atoms with Crippen LogP contribution in [0, 0.1) is 22.9 Å². The van der Waals surface area contributed by atoms with Gasteiger partial charge in [-0.15, -0.1) is 0 Å². The van der Waals surface area contributed by atoms with Crippen molar-refractivity contribution in [3.63, 3.8) is 0 Å². The summed E-state index contributed by atoms with van der Waals surface area (Å²) in [6, 6.07) is 1.41. The molecule has 1 rings (SSSR count). The molecule has 0 aromatic heterocycles. The summed E-state index contributed by atoms with van der Waals surface area (Å²) in [7, 11) is 0. The smallest absolute Gasteiger partial charge is 0.133 e. The summed E-state index contributed by atoms with van der Waals surface area (Å²) >= 11 is 3.25. The van der Waals surface area contributed by atoms with E-state index >= 15 is 0 Å². The van der Waals surface area contributed by atoms with Crippen LogP contribution in [-0.2, 0) is 0 Å².